The van der Waals surface area contributed by atoms with Crippen LogP contribution in [0.3, 0.4) is 0 Å². The predicted octanol–water partition coefficient (Wildman–Crippen LogP) is 2.10. The predicted molar refractivity (Wildman–Crippen MR) is 102 cm³/mol. The van der Waals surface area contributed by atoms with E-state index in [-0.39, 0.29) is 5.91 Å². The number of hydrazone groups is 1. The van der Waals surface area contributed by atoms with Gasteiger partial charge in [-0.3, -0.25) is 9.69 Å². The summed E-state index contributed by atoms with van der Waals surface area (Å²) >= 11 is 0. The molecule has 1 saturated heterocycles. The fourth-order valence-electron chi connectivity index (χ4n) is 2.86. The van der Waals surface area contributed by atoms with Crippen molar-refractivity contribution in [1.29, 1.82) is 0 Å². The molecule has 1 aliphatic heterocycles. The first kappa shape index (κ1) is 19.4. The zero-order valence-corrected chi connectivity index (χ0v) is 15.4. The first-order valence-corrected chi connectivity index (χ1v) is 9.20. The Morgan fingerprint density at radius 1 is 1.20 bits per heavy atom. The SMILES string of the molecule is CCCN(CCC)c1ccc(/C=N/NC(=O)CN2CCOCC2)cc1. The quantitative estimate of drug-likeness (QED) is 0.549. The van der Waals surface area contributed by atoms with Gasteiger partial charge in [0.05, 0.1) is 26.0 Å². The van der Waals surface area contributed by atoms with Crippen LogP contribution < -0.4 is 10.3 Å². The molecule has 0 saturated carbocycles. The molecule has 6 nitrogen and oxygen atoms in total. The number of amides is 1. The largest absolute Gasteiger partial charge is 0.379 e. The molecule has 0 bridgehead atoms. The number of hydrogen-bond donors (Lipinski definition) is 1. The molecule has 1 heterocycles. The van der Waals surface area contributed by atoms with Crippen molar-refractivity contribution in [2.45, 2.75) is 26.7 Å². The average molecular weight is 346 g/mol. The Hall–Kier alpha value is -1.92. The van der Waals surface area contributed by atoms with Crippen LogP contribution in [-0.4, -0.2) is 63.0 Å². The third-order valence-corrected chi connectivity index (χ3v) is 4.12. The summed E-state index contributed by atoms with van der Waals surface area (Å²) in [4.78, 5) is 16.3. The maximum absolute atomic E-state index is 11.9. The van der Waals surface area contributed by atoms with Gasteiger partial charge in [0.15, 0.2) is 0 Å². The second kappa shape index (κ2) is 10.8. The summed E-state index contributed by atoms with van der Waals surface area (Å²) in [7, 11) is 0. The fraction of sp³-hybridized carbons (Fsp3) is 0.579. The van der Waals surface area contributed by atoms with Crippen molar-refractivity contribution < 1.29 is 9.53 Å². The normalized spacial score (nSPS) is 15.4. The van der Waals surface area contributed by atoms with E-state index in [0.717, 1.165) is 44.6 Å². The fourth-order valence-corrected chi connectivity index (χ4v) is 2.86. The molecule has 1 aromatic carbocycles. The van der Waals surface area contributed by atoms with Crippen LogP contribution in [0.1, 0.15) is 32.3 Å². The Morgan fingerprint density at radius 2 is 1.84 bits per heavy atom. The van der Waals surface area contributed by atoms with Crippen molar-refractivity contribution in [3.63, 3.8) is 0 Å². The Morgan fingerprint density at radius 3 is 2.44 bits per heavy atom. The van der Waals surface area contributed by atoms with Crippen LogP contribution in [0.15, 0.2) is 29.4 Å². The number of carbonyl (C=O) groups excluding carboxylic acids is 1. The number of nitrogens with one attached hydrogen (secondary N) is 1. The van der Waals surface area contributed by atoms with Gasteiger partial charge in [-0.15, -0.1) is 0 Å². The molecule has 2 rings (SSSR count). The van der Waals surface area contributed by atoms with Crippen molar-refractivity contribution in [2.24, 2.45) is 5.10 Å². The van der Waals surface area contributed by atoms with Crippen molar-refractivity contribution >= 4 is 17.8 Å². The molecule has 1 fully saturated rings. The lowest BCUT2D eigenvalue weighted by molar-refractivity contribution is -0.123. The van der Waals surface area contributed by atoms with Gasteiger partial charge in [-0.2, -0.15) is 5.10 Å². The number of nitrogens with zero attached hydrogens (tertiary/aromatic N) is 3. The summed E-state index contributed by atoms with van der Waals surface area (Å²) in [6.45, 7) is 9.87. The molecule has 0 aliphatic carbocycles. The van der Waals surface area contributed by atoms with E-state index in [1.807, 2.05) is 12.1 Å². The minimum atomic E-state index is -0.0909. The minimum absolute atomic E-state index is 0.0909. The third-order valence-electron chi connectivity index (χ3n) is 4.12. The molecular formula is C19H30N4O2. The van der Waals surface area contributed by atoms with Crippen LogP contribution in [0.5, 0.6) is 0 Å². The van der Waals surface area contributed by atoms with E-state index in [1.165, 1.54) is 5.69 Å². The van der Waals surface area contributed by atoms with Crippen LogP contribution in [0.4, 0.5) is 5.69 Å². The molecule has 6 heteroatoms. The van der Waals surface area contributed by atoms with Gasteiger partial charge in [-0.05, 0) is 30.5 Å². The average Bonchev–Trinajstić information content (AvgIpc) is 2.63. The maximum atomic E-state index is 11.9. The second-order valence-electron chi connectivity index (χ2n) is 6.26. The third kappa shape index (κ3) is 6.84. The molecule has 138 valence electrons. The topological polar surface area (TPSA) is 57.2 Å². The van der Waals surface area contributed by atoms with Crippen LogP contribution in [0.2, 0.25) is 0 Å². The van der Waals surface area contributed by atoms with Crippen molar-refractivity contribution in [1.82, 2.24) is 10.3 Å². The Balaban J connectivity index is 1.81. The van der Waals surface area contributed by atoms with Crippen molar-refractivity contribution in [3.8, 4) is 0 Å². The molecular weight excluding hydrogens is 316 g/mol. The van der Waals surface area contributed by atoms with E-state index >= 15 is 0 Å². The molecule has 1 amide bonds. The second-order valence-corrected chi connectivity index (χ2v) is 6.26. The lowest BCUT2D eigenvalue weighted by Gasteiger charge is -2.25. The van der Waals surface area contributed by atoms with Crippen LogP contribution in [-0.2, 0) is 9.53 Å². The van der Waals surface area contributed by atoms with E-state index in [4.69, 9.17) is 4.74 Å². The number of rotatable bonds is 9. The van der Waals surface area contributed by atoms with Crippen LogP contribution in [0, 0.1) is 0 Å². The van der Waals surface area contributed by atoms with E-state index in [0.29, 0.717) is 19.8 Å². The molecule has 0 radical (unpaired) electrons. The molecule has 1 aromatic rings. The van der Waals surface area contributed by atoms with Gasteiger partial charge in [-0.25, -0.2) is 5.43 Å². The van der Waals surface area contributed by atoms with Gasteiger partial charge < -0.3 is 9.64 Å². The lowest BCUT2D eigenvalue weighted by Crippen LogP contribution is -2.42. The standard InChI is InChI=1S/C19H30N4O2/c1-3-9-23(10-4-2)18-7-5-17(6-8-18)15-20-21-19(24)16-22-11-13-25-14-12-22/h5-8,15H,3-4,9-14,16H2,1-2H3,(H,21,24)/b20-15+. The summed E-state index contributed by atoms with van der Waals surface area (Å²) in [5.74, 6) is -0.0909. The number of carbonyl (C=O) groups is 1. The summed E-state index contributed by atoms with van der Waals surface area (Å²) in [6.07, 6.45) is 3.96. The zero-order chi connectivity index (χ0) is 17.9. The molecule has 25 heavy (non-hydrogen) atoms. The molecule has 1 aliphatic rings. The Labute approximate surface area is 150 Å². The number of morpholine rings is 1. The monoisotopic (exact) mass is 346 g/mol. The number of anilines is 1. The van der Waals surface area contributed by atoms with Gasteiger partial charge in [0.25, 0.3) is 5.91 Å². The minimum Gasteiger partial charge on any atom is -0.379 e. The molecule has 0 aromatic heterocycles. The van der Waals surface area contributed by atoms with E-state index < -0.39 is 0 Å². The highest BCUT2D eigenvalue weighted by atomic mass is 16.5. The van der Waals surface area contributed by atoms with Gasteiger partial charge >= 0.3 is 0 Å². The molecule has 0 spiro atoms. The first-order chi connectivity index (χ1) is 12.2. The highest BCUT2D eigenvalue weighted by Gasteiger charge is 2.13. The number of hydrogen-bond acceptors (Lipinski definition) is 5. The van der Waals surface area contributed by atoms with E-state index in [1.54, 1.807) is 6.21 Å². The van der Waals surface area contributed by atoms with Crippen molar-refractivity contribution in [2.75, 3.05) is 50.8 Å². The summed E-state index contributed by atoms with van der Waals surface area (Å²) < 4.78 is 5.27. The smallest absolute Gasteiger partial charge is 0.254 e. The number of ether oxygens (including phenoxy) is 1. The highest BCUT2D eigenvalue weighted by molar-refractivity contribution is 5.83. The highest BCUT2D eigenvalue weighted by Crippen LogP contribution is 2.15. The van der Waals surface area contributed by atoms with E-state index in [9.17, 15) is 4.79 Å². The first-order valence-electron chi connectivity index (χ1n) is 9.20. The summed E-state index contributed by atoms with van der Waals surface area (Å²) in [5.41, 5.74) is 4.80. The lowest BCUT2D eigenvalue weighted by atomic mass is 10.2. The zero-order valence-electron chi connectivity index (χ0n) is 15.4. The van der Waals surface area contributed by atoms with Crippen LogP contribution in [0.25, 0.3) is 0 Å². The summed E-state index contributed by atoms with van der Waals surface area (Å²) in [5, 5.41) is 4.06. The number of benzene rings is 1. The van der Waals surface area contributed by atoms with Gasteiger partial charge in [-0.1, -0.05) is 26.0 Å². The van der Waals surface area contributed by atoms with Gasteiger partial charge in [0.2, 0.25) is 0 Å². The van der Waals surface area contributed by atoms with E-state index in [2.05, 4.69) is 46.3 Å². The maximum Gasteiger partial charge on any atom is 0.254 e. The Bertz CT molecular complexity index is 533. The summed E-state index contributed by atoms with van der Waals surface area (Å²) in [6, 6.07) is 8.29. The van der Waals surface area contributed by atoms with Gasteiger partial charge in [0.1, 0.15) is 0 Å². The molecule has 0 unspecified atom stereocenters. The molecule has 1 N–H and O–H groups in total. The van der Waals surface area contributed by atoms with Crippen molar-refractivity contribution in [3.05, 3.63) is 29.8 Å². The molecule has 0 atom stereocenters. The van der Waals surface area contributed by atoms with Crippen LogP contribution >= 0.6 is 0 Å². The Kier molecular flexibility index (Phi) is 8.42. The van der Waals surface area contributed by atoms with Gasteiger partial charge in [0, 0.05) is 31.9 Å².